The first-order valence-corrected chi connectivity index (χ1v) is 8.05. The maximum absolute atomic E-state index is 12.9. The molecule has 0 aliphatic rings. The number of hydrogen-bond acceptors (Lipinski definition) is 5. The van der Waals surface area contributed by atoms with Crippen molar-refractivity contribution < 1.29 is 13.9 Å². The number of benzene rings is 2. The van der Waals surface area contributed by atoms with Gasteiger partial charge in [-0.2, -0.15) is 0 Å². The van der Waals surface area contributed by atoms with Crippen LogP contribution in [0.1, 0.15) is 6.92 Å². The average molecular weight is 343 g/mol. The lowest BCUT2D eigenvalue weighted by atomic mass is 10.2. The van der Waals surface area contributed by atoms with Crippen LogP contribution in [0.25, 0.3) is 10.6 Å². The van der Waals surface area contributed by atoms with Crippen LogP contribution in [0.2, 0.25) is 0 Å². The first-order chi connectivity index (χ1) is 11.6. The minimum absolute atomic E-state index is 0.352. The lowest BCUT2D eigenvalue weighted by Gasteiger charge is -2.13. The van der Waals surface area contributed by atoms with Crippen molar-refractivity contribution in [3.8, 4) is 16.3 Å². The van der Waals surface area contributed by atoms with E-state index in [1.165, 1.54) is 35.6 Å². The van der Waals surface area contributed by atoms with E-state index in [9.17, 15) is 9.18 Å². The third-order valence-electron chi connectivity index (χ3n) is 3.17. The Bertz CT molecular complexity index is 821. The molecule has 3 rings (SSSR count). The van der Waals surface area contributed by atoms with Crippen LogP contribution in [0.15, 0.2) is 54.6 Å². The fourth-order valence-electron chi connectivity index (χ4n) is 1.95. The predicted molar refractivity (Wildman–Crippen MR) is 90.5 cm³/mol. The van der Waals surface area contributed by atoms with E-state index in [-0.39, 0.29) is 11.7 Å². The van der Waals surface area contributed by atoms with Gasteiger partial charge in [0.1, 0.15) is 16.6 Å². The summed E-state index contributed by atoms with van der Waals surface area (Å²) >= 11 is 1.28. The summed E-state index contributed by atoms with van der Waals surface area (Å²) in [5.41, 5.74) is 0.936. The number of anilines is 1. The summed E-state index contributed by atoms with van der Waals surface area (Å²) in [7, 11) is 0. The Kier molecular flexibility index (Phi) is 4.81. The fraction of sp³-hybridized carbons (Fsp3) is 0.118. The molecular weight excluding hydrogens is 329 g/mol. The number of carbonyl (C=O) groups is 1. The largest absolute Gasteiger partial charge is 0.481 e. The molecule has 0 aliphatic heterocycles. The Labute approximate surface area is 142 Å². The van der Waals surface area contributed by atoms with Gasteiger partial charge in [-0.3, -0.25) is 10.1 Å². The summed E-state index contributed by atoms with van der Waals surface area (Å²) in [4.78, 5) is 12.2. The SMILES string of the molecule is CC(Oc1ccc(F)cc1)C(=O)Nc1nnc(-c2ccccc2)s1. The lowest BCUT2D eigenvalue weighted by Crippen LogP contribution is -2.30. The number of nitrogens with zero attached hydrogens (tertiary/aromatic N) is 2. The summed E-state index contributed by atoms with van der Waals surface area (Å²) < 4.78 is 18.3. The fourth-order valence-corrected chi connectivity index (χ4v) is 2.70. The molecule has 0 bridgehead atoms. The molecule has 0 saturated carbocycles. The van der Waals surface area contributed by atoms with Crippen molar-refractivity contribution in [2.24, 2.45) is 0 Å². The number of aromatic nitrogens is 2. The van der Waals surface area contributed by atoms with Gasteiger partial charge < -0.3 is 4.74 Å². The van der Waals surface area contributed by atoms with Crippen molar-refractivity contribution in [3.63, 3.8) is 0 Å². The van der Waals surface area contributed by atoms with Crippen molar-refractivity contribution in [3.05, 3.63) is 60.4 Å². The highest BCUT2D eigenvalue weighted by atomic mass is 32.1. The summed E-state index contributed by atoms with van der Waals surface area (Å²) in [5.74, 6) is -0.293. The second kappa shape index (κ2) is 7.18. The molecule has 1 heterocycles. The molecular formula is C17H14FN3O2S. The van der Waals surface area contributed by atoms with Crippen LogP contribution in [-0.4, -0.2) is 22.2 Å². The first kappa shape index (κ1) is 16.1. The third kappa shape index (κ3) is 3.94. The molecule has 1 atom stereocenters. The Morgan fingerprint density at radius 3 is 2.54 bits per heavy atom. The maximum Gasteiger partial charge on any atom is 0.266 e. The van der Waals surface area contributed by atoms with Crippen molar-refractivity contribution in [1.29, 1.82) is 0 Å². The molecule has 0 saturated heterocycles. The normalized spacial score (nSPS) is 11.8. The van der Waals surface area contributed by atoms with Gasteiger partial charge in [-0.05, 0) is 31.2 Å². The van der Waals surface area contributed by atoms with E-state index in [0.717, 1.165) is 10.6 Å². The van der Waals surface area contributed by atoms with E-state index in [1.807, 2.05) is 30.3 Å². The molecule has 1 unspecified atom stereocenters. The van der Waals surface area contributed by atoms with E-state index in [0.29, 0.717) is 10.9 Å². The molecule has 5 nitrogen and oxygen atoms in total. The molecule has 2 aromatic carbocycles. The van der Waals surface area contributed by atoms with Gasteiger partial charge in [0.25, 0.3) is 5.91 Å². The van der Waals surface area contributed by atoms with Crippen LogP contribution in [0.4, 0.5) is 9.52 Å². The van der Waals surface area contributed by atoms with Gasteiger partial charge >= 0.3 is 0 Å². The van der Waals surface area contributed by atoms with Gasteiger partial charge in [-0.15, -0.1) is 10.2 Å². The molecule has 1 amide bonds. The van der Waals surface area contributed by atoms with Crippen molar-refractivity contribution in [1.82, 2.24) is 10.2 Å². The number of amides is 1. The minimum atomic E-state index is -0.750. The number of halogens is 1. The average Bonchev–Trinajstić information content (AvgIpc) is 3.06. The zero-order valence-corrected chi connectivity index (χ0v) is 13.6. The van der Waals surface area contributed by atoms with Gasteiger partial charge in [-0.25, -0.2) is 4.39 Å². The molecule has 0 radical (unpaired) electrons. The van der Waals surface area contributed by atoms with Crippen LogP contribution < -0.4 is 10.1 Å². The molecule has 3 aromatic rings. The zero-order valence-electron chi connectivity index (χ0n) is 12.8. The standard InChI is InChI=1S/C17H14FN3O2S/c1-11(23-14-9-7-13(18)8-10-14)15(22)19-17-21-20-16(24-17)12-5-3-2-4-6-12/h2-11H,1H3,(H,19,21,22). The van der Waals surface area contributed by atoms with Crippen molar-refractivity contribution in [2.45, 2.75) is 13.0 Å². The molecule has 0 fully saturated rings. The highest BCUT2D eigenvalue weighted by molar-refractivity contribution is 7.18. The second-order valence-corrected chi connectivity index (χ2v) is 5.96. The molecule has 122 valence electrons. The van der Waals surface area contributed by atoms with Crippen LogP contribution in [-0.2, 0) is 4.79 Å². The Hall–Kier alpha value is -2.80. The molecule has 7 heteroatoms. The third-order valence-corrected chi connectivity index (χ3v) is 4.06. The smallest absolute Gasteiger partial charge is 0.266 e. The molecule has 24 heavy (non-hydrogen) atoms. The van der Waals surface area contributed by atoms with E-state index < -0.39 is 6.10 Å². The molecule has 0 spiro atoms. The quantitative estimate of drug-likeness (QED) is 0.766. The molecule has 1 aromatic heterocycles. The Morgan fingerprint density at radius 2 is 1.83 bits per heavy atom. The van der Waals surface area contributed by atoms with E-state index in [2.05, 4.69) is 15.5 Å². The minimum Gasteiger partial charge on any atom is -0.481 e. The summed E-state index contributed by atoms with van der Waals surface area (Å²) in [6, 6.07) is 15.1. The summed E-state index contributed by atoms with van der Waals surface area (Å²) in [6.07, 6.45) is -0.750. The molecule has 0 aliphatic carbocycles. The Balaban J connectivity index is 1.62. The first-order valence-electron chi connectivity index (χ1n) is 7.24. The van der Waals surface area contributed by atoms with Gasteiger partial charge in [0.15, 0.2) is 6.10 Å². The van der Waals surface area contributed by atoms with E-state index in [4.69, 9.17) is 4.74 Å². The van der Waals surface area contributed by atoms with E-state index >= 15 is 0 Å². The topological polar surface area (TPSA) is 64.1 Å². The summed E-state index contributed by atoms with van der Waals surface area (Å²) in [6.45, 7) is 1.61. The predicted octanol–water partition coefficient (Wildman–Crippen LogP) is 3.75. The second-order valence-electron chi connectivity index (χ2n) is 4.98. The van der Waals surface area contributed by atoms with Gasteiger partial charge in [0, 0.05) is 5.56 Å². The zero-order chi connectivity index (χ0) is 16.9. The Morgan fingerprint density at radius 1 is 1.12 bits per heavy atom. The number of carbonyl (C=O) groups excluding carboxylic acids is 1. The number of rotatable bonds is 5. The molecule has 1 N–H and O–H groups in total. The van der Waals surface area contributed by atoms with Crippen LogP contribution in [0.5, 0.6) is 5.75 Å². The van der Waals surface area contributed by atoms with Gasteiger partial charge in [0.2, 0.25) is 5.13 Å². The number of hydrogen-bond donors (Lipinski definition) is 1. The van der Waals surface area contributed by atoms with Crippen LogP contribution in [0, 0.1) is 5.82 Å². The lowest BCUT2D eigenvalue weighted by molar-refractivity contribution is -0.122. The van der Waals surface area contributed by atoms with Crippen molar-refractivity contribution in [2.75, 3.05) is 5.32 Å². The number of nitrogens with one attached hydrogen (secondary N) is 1. The van der Waals surface area contributed by atoms with Crippen LogP contribution in [0.3, 0.4) is 0 Å². The van der Waals surface area contributed by atoms with Gasteiger partial charge in [-0.1, -0.05) is 41.7 Å². The van der Waals surface area contributed by atoms with E-state index in [1.54, 1.807) is 6.92 Å². The maximum atomic E-state index is 12.9. The highest BCUT2D eigenvalue weighted by Crippen LogP contribution is 2.26. The summed E-state index contributed by atoms with van der Waals surface area (Å²) in [5, 5.41) is 11.8. The van der Waals surface area contributed by atoms with Crippen LogP contribution >= 0.6 is 11.3 Å². The monoisotopic (exact) mass is 343 g/mol. The highest BCUT2D eigenvalue weighted by Gasteiger charge is 2.17. The number of ether oxygens (including phenoxy) is 1. The van der Waals surface area contributed by atoms with Crippen molar-refractivity contribution >= 4 is 22.4 Å². The van der Waals surface area contributed by atoms with Gasteiger partial charge in [0.05, 0.1) is 0 Å².